The molecule has 0 saturated heterocycles. The molecule has 3 nitrogen and oxygen atoms in total. The monoisotopic (exact) mass is 285 g/mol. The van der Waals surface area contributed by atoms with Crippen LogP contribution in [-0.2, 0) is 0 Å². The molecule has 4 rings (SSSR count). The minimum Gasteiger partial charge on any atom is -0.315 e. The predicted octanol–water partition coefficient (Wildman–Crippen LogP) is 4.40. The summed E-state index contributed by atoms with van der Waals surface area (Å²) in [6, 6.07) is 16.7. The van der Waals surface area contributed by atoms with Gasteiger partial charge in [0.05, 0.1) is 16.9 Å². The predicted molar refractivity (Wildman–Crippen MR) is 89.0 cm³/mol. The standard InChI is InChI=1S/C19H15N3/c1-14-18(5-3-10-21-14)22-11-8-16-12-15(6-7-19(16)22)17-4-2-9-20-13-17/h2-13H,1H3. The average Bonchev–Trinajstić information content (AvgIpc) is 2.99. The van der Waals surface area contributed by atoms with E-state index < -0.39 is 0 Å². The van der Waals surface area contributed by atoms with Crippen LogP contribution in [0.25, 0.3) is 27.7 Å². The van der Waals surface area contributed by atoms with Gasteiger partial charge in [-0.1, -0.05) is 12.1 Å². The third-order valence-corrected chi connectivity index (χ3v) is 3.92. The van der Waals surface area contributed by atoms with Crippen LogP contribution < -0.4 is 0 Å². The zero-order valence-corrected chi connectivity index (χ0v) is 12.3. The van der Waals surface area contributed by atoms with Crippen LogP contribution in [0.5, 0.6) is 0 Å². The van der Waals surface area contributed by atoms with Gasteiger partial charge in [-0.05, 0) is 48.9 Å². The molecule has 3 heterocycles. The Labute approximate surface area is 128 Å². The summed E-state index contributed by atoms with van der Waals surface area (Å²) in [5.74, 6) is 0. The van der Waals surface area contributed by atoms with Crippen LogP contribution >= 0.6 is 0 Å². The van der Waals surface area contributed by atoms with Gasteiger partial charge in [-0.3, -0.25) is 9.97 Å². The number of hydrogen-bond acceptors (Lipinski definition) is 2. The second-order valence-corrected chi connectivity index (χ2v) is 5.31. The maximum absolute atomic E-state index is 4.38. The minimum absolute atomic E-state index is 1.02. The molecule has 1 aromatic carbocycles. The molecule has 4 aromatic rings. The lowest BCUT2D eigenvalue weighted by Crippen LogP contribution is -1.96. The van der Waals surface area contributed by atoms with Gasteiger partial charge in [0.15, 0.2) is 0 Å². The first-order valence-corrected chi connectivity index (χ1v) is 7.26. The first-order chi connectivity index (χ1) is 10.8. The number of aromatic nitrogens is 3. The molecule has 0 N–H and O–H groups in total. The number of aryl methyl sites for hydroxylation is 1. The van der Waals surface area contributed by atoms with Crippen molar-refractivity contribution >= 4 is 10.9 Å². The lowest BCUT2D eigenvalue weighted by atomic mass is 10.1. The molecule has 0 amide bonds. The number of rotatable bonds is 2. The van der Waals surface area contributed by atoms with Crippen molar-refractivity contribution in [1.29, 1.82) is 0 Å². The van der Waals surface area contributed by atoms with E-state index in [0.717, 1.165) is 16.9 Å². The summed E-state index contributed by atoms with van der Waals surface area (Å²) >= 11 is 0. The highest BCUT2D eigenvalue weighted by atomic mass is 15.0. The molecule has 106 valence electrons. The second kappa shape index (κ2) is 5.11. The highest BCUT2D eigenvalue weighted by molar-refractivity contribution is 5.87. The smallest absolute Gasteiger partial charge is 0.0668 e. The Morgan fingerprint density at radius 2 is 1.82 bits per heavy atom. The van der Waals surface area contributed by atoms with E-state index in [4.69, 9.17) is 0 Å². The Balaban J connectivity index is 1.87. The van der Waals surface area contributed by atoms with Crippen molar-refractivity contribution in [3.05, 3.63) is 79.0 Å². The van der Waals surface area contributed by atoms with Gasteiger partial charge in [0.2, 0.25) is 0 Å². The molecule has 0 aliphatic carbocycles. The Bertz CT molecular complexity index is 939. The molecular weight excluding hydrogens is 270 g/mol. The molecule has 0 saturated carbocycles. The maximum atomic E-state index is 4.38. The van der Waals surface area contributed by atoms with Crippen LogP contribution in [0.1, 0.15) is 5.69 Å². The molecule has 3 heteroatoms. The summed E-state index contributed by atoms with van der Waals surface area (Å²) in [6.45, 7) is 2.03. The van der Waals surface area contributed by atoms with E-state index in [2.05, 4.69) is 57.1 Å². The van der Waals surface area contributed by atoms with Crippen LogP contribution in [-0.4, -0.2) is 14.5 Å². The van der Waals surface area contributed by atoms with Crippen molar-refractivity contribution in [2.24, 2.45) is 0 Å². The van der Waals surface area contributed by atoms with E-state index in [0.29, 0.717) is 0 Å². The van der Waals surface area contributed by atoms with Crippen molar-refractivity contribution in [1.82, 2.24) is 14.5 Å². The Kier molecular flexibility index (Phi) is 2.97. The topological polar surface area (TPSA) is 30.7 Å². The molecule has 0 unspecified atom stereocenters. The first kappa shape index (κ1) is 12.8. The molecule has 0 fully saturated rings. The molecule has 0 atom stereocenters. The highest BCUT2D eigenvalue weighted by Crippen LogP contribution is 2.27. The summed E-state index contributed by atoms with van der Waals surface area (Å²) in [5.41, 5.74) is 5.64. The summed E-state index contributed by atoms with van der Waals surface area (Å²) in [4.78, 5) is 8.57. The normalized spacial score (nSPS) is 11.0. The fraction of sp³-hybridized carbons (Fsp3) is 0.0526. The Morgan fingerprint density at radius 3 is 2.64 bits per heavy atom. The Hall–Kier alpha value is -2.94. The zero-order chi connectivity index (χ0) is 14.9. The summed E-state index contributed by atoms with van der Waals surface area (Å²) in [7, 11) is 0. The van der Waals surface area contributed by atoms with Gasteiger partial charge < -0.3 is 4.57 Å². The summed E-state index contributed by atoms with van der Waals surface area (Å²) in [5, 5.41) is 1.21. The van der Waals surface area contributed by atoms with Crippen LogP contribution in [0.4, 0.5) is 0 Å². The molecular formula is C19H15N3. The molecule has 0 bridgehead atoms. The van der Waals surface area contributed by atoms with Gasteiger partial charge >= 0.3 is 0 Å². The fourth-order valence-corrected chi connectivity index (χ4v) is 2.80. The van der Waals surface area contributed by atoms with Gasteiger partial charge in [0, 0.05) is 35.7 Å². The van der Waals surface area contributed by atoms with E-state index in [9.17, 15) is 0 Å². The largest absolute Gasteiger partial charge is 0.315 e. The molecule has 0 spiro atoms. The van der Waals surface area contributed by atoms with Gasteiger partial charge in [-0.2, -0.15) is 0 Å². The third-order valence-electron chi connectivity index (χ3n) is 3.92. The third kappa shape index (κ3) is 2.07. The maximum Gasteiger partial charge on any atom is 0.0668 e. The molecule has 0 radical (unpaired) electrons. The van der Waals surface area contributed by atoms with E-state index in [1.165, 1.54) is 16.5 Å². The molecule has 22 heavy (non-hydrogen) atoms. The van der Waals surface area contributed by atoms with E-state index >= 15 is 0 Å². The number of nitrogens with zero attached hydrogens (tertiary/aromatic N) is 3. The number of hydrogen-bond donors (Lipinski definition) is 0. The lowest BCUT2D eigenvalue weighted by Gasteiger charge is -2.08. The highest BCUT2D eigenvalue weighted by Gasteiger charge is 2.07. The van der Waals surface area contributed by atoms with E-state index in [1.807, 2.05) is 31.5 Å². The van der Waals surface area contributed by atoms with Gasteiger partial charge in [-0.25, -0.2) is 0 Å². The van der Waals surface area contributed by atoms with Crippen molar-refractivity contribution in [3.63, 3.8) is 0 Å². The molecule has 0 aliphatic rings. The minimum atomic E-state index is 1.02. The van der Waals surface area contributed by atoms with Gasteiger partial charge in [-0.15, -0.1) is 0 Å². The Morgan fingerprint density at radius 1 is 0.909 bits per heavy atom. The zero-order valence-electron chi connectivity index (χ0n) is 12.3. The van der Waals surface area contributed by atoms with E-state index in [1.54, 1.807) is 6.20 Å². The van der Waals surface area contributed by atoms with Crippen molar-refractivity contribution in [2.75, 3.05) is 0 Å². The van der Waals surface area contributed by atoms with Crippen LogP contribution in [0.3, 0.4) is 0 Å². The quantitative estimate of drug-likeness (QED) is 0.546. The first-order valence-electron chi connectivity index (χ1n) is 7.26. The lowest BCUT2D eigenvalue weighted by molar-refractivity contribution is 1.05. The summed E-state index contributed by atoms with van der Waals surface area (Å²) < 4.78 is 2.19. The van der Waals surface area contributed by atoms with Crippen molar-refractivity contribution in [3.8, 4) is 16.8 Å². The number of pyridine rings is 2. The average molecular weight is 285 g/mol. The van der Waals surface area contributed by atoms with Gasteiger partial charge in [0.25, 0.3) is 0 Å². The van der Waals surface area contributed by atoms with Crippen molar-refractivity contribution in [2.45, 2.75) is 6.92 Å². The SMILES string of the molecule is Cc1ncccc1-n1ccc2cc(-c3cccnc3)ccc21. The number of benzene rings is 1. The molecule has 3 aromatic heterocycles. The fourth-order valence-electron chi connectivity index (χ4n) is 2.80. The van der Waals surface area contributed by atoms with Crippen LogP contribution in [0.2, 0.25) is 0 Å². The summed E-state index contributed by atoms with van der Waals surface area (Å²) in [6.07, 6.45) is 7.61. The van der Waals surface area contributed by atoms with Crippen molar-refractivity contribution < 1.29 is 0 Å². The number of fused-ring (bicyclic) bond motifs is 1. The second-order valence-electron chi connectivity index (χ2n) is 5.31. The van der Waals surface area contributed by atoms with E-state index in [-0.39, 0.29) is 0 Å². The molecule has 0 aliphatic heterocycles. The van der Waals surface area contributed by atoms with Crippen LogP contribution in [0.15, 0.2) is 73.3 Å². The van der Waals surface area contributed by atoms with Gasteiger partial charge in [0.1, 0.15) is 0 Å². The van der Waals surface area contributed by atoms with Crippen LogP contribution in [0, 0.1) is 6.92 Å².